The molecule has 0 spiro atoms. The van der Waals surface area contributed by atoms with Crippen LogP contribution in [0.1, 0.15) is 64.0 Å². The second kappa shape index (κ2) is 9.27. The summed E-state index contributed by atoms with van der Waals surface area (Å²) in [6.07, 6.45) is 6.37. The van der Waals surface area contributed by atoms with Gasteiger partial charge in [-0.05, 0) is 39.4 Å². The number of ether oxygens (including phenoxy) is 1. The van der Waals surface area contributed by atoms with Gasteiger partial charge in [0.25, 0.3) is 0 Å². The lowest BCUT2D eigenvalue weighted by Gasteiger charge is -2.28. The molecule has 1 nitrogen and oxygen atoms in total. The van der Waals surface area contributed by atoms with Gasteiger partial charge >= 0.3 is 0 Å². The Bertz CT molecular complexity index is 619. The summed E-state index contributed by atoms with van der Waals surface area (Å²) >= 11 is 3.68. The first-order chi connectivity index (χ1) is 11.5. The van der Waals surface area contributed by atoms with Crippen LogP contribution < -0.4 is 4.74 Å². The van der Waals surface area contributed by atoms with E-state index in [1.807, 2.05) is 6.07 Å². The Morgan fingerprint density at radius 1 is 0.917 bits per heavy atom. The zero-order valence-corrected chi connectivity index (χ0v) is 16.7. The van der Waals surface area contributed by atoms with Gasteiger partial charge in [-0.25, -0.2) is 0 Å². The number of hydrogen-bond acceptors (Lipinski definition) is 1. The molecule has 0 atom stereocenters. The highest BCUT2D eigenvalue weighted by molar-refractivity contribution is 9.10. The number of rotatable bonds is 9. The number of halogens is 1. The van der Waals surface area contributed by atoms with Crippen molar-refractivity contribution < 1.29 is 4.74 Å². The van der Waals surface area contributed by atoms with Crippen LogP contribution in [0.15, 0.2) is 53.0 Å². The Kier molecular flexibility index (Phi) is 7.36. The molecule has 0 radical (unpaired) electrons. The number of hydrogen-bond donors (Lipinski definition) is 0. The fourth-order valence-electron chi connectivity index (χ4n) is 3.05. The topological polar surface area (TPSA) is 9.23 Å². The van der Waals surface area contributed by atoms with Crippen molar-refractivity contribution in [2.75, 3.05) is 0 Å². The van der Waals surface area contributed by atoms with E-state index in [2.05, 4.69) is 79.2 Å². The molecule has 2 heteroatoms. The smallest absolute Gasteiger partial charge is 0.137 e. The third-order valence-corrected chi connectivity index (χ3v) is 5.20. The van der Waals surface area contributed by atoms with Gasteiger partial charge in [-0.15, -0.1) is 0 Å². The fourth-order valence-corrected chi connectivity index (χ4v) is 3.53. The third kappa shape index (κ3) is 5.37. The summed E-state index contributed by atoms with van der Waals surface area (Å²) in [6.45, 7) is 7.52. The summed E-state index contributed by atoms with van der Waals surface area (Å²) < 4.78 is 7.26. The van der Waals surface area contributed by atoms with E-state index >= 15 is 0 Å². The van der Waals surface area contributed by atoms with Crippen molar-refractivity contribution in [3.05, 3.63) is 64.1 Å². The van der Waals surface area contributed by atoms with Crippen molar-refractivity contribution >= 4 is 15.9 Å². The van der Waals surface area contributed by atoms with Crippen LogP contribution in [0.4, 0.5) is 0 Å². The second-order valence-electron chi connectivity index (χ2n) is 7.09. The highest BCUT2D eigenvalue weighted by Crippen LogP contribution is 2.40. The Hall–Kier alpha value is -1.28. The molecule has 0 aliphatic heterocycles. The molecular formula is C22H29BrO. The molecule has 0 amide bonds. The predicted molar refractivity (Wildman–Crippen MR) is 107 cm³/mol. The summed E-state index contributed by atoms with van der Waals surface area (Å²) in [6, 6.07) is 16.7. The van der Waals surface area contributed by atoms with Gasteiger partial charge < -0.3 is 4.74 Å². The average molecular weight is 389 g/mol. The summed E-state index contributed by atoms with van der Waals surface area (Å²) in [4.78, 5) is 0. The van der Waals surface area contributed by atoms with Gasteiger partial charge in [-0.1, -0.05) is 88.9 Å². The average Bonchev–Trinajstić information content (AvgIpc) is 2.58. The minimum Gasteiger partial charge on any atom is -0.487 e. The van der Waals surface area contributed by atoms with E-state index in [9.17, 15) is 0 Å². The first-order valence-corrected chi connectivity index (χ1v) is 9.79. The van der Waals surface area contributed by atoms with E-state index in [0.29, 0.717) is 6.61 Å². The van der Waals surface area contributed by atoms with Crippen molar-refractivity contribution in [2.45, 2.75) is 64.9 Å². The van der Waals surface area contributed by atoms with Crippen LogP contribution in [0.2, 0.25) is 0 Å². The molecule has 0 unspecified atom stereocenters. The molecule has 2 aromatic rings. The van der Waals surface area contributed by atoms with E-state index in [4.69, 9.17) is 4.74 Å². The van der Waals surface area contributed by atoms with Crippen molar-refractivity contribution in [1.82, 2.24) is 0 Å². The van der Waals surface area contributed by atoms with E-state index < -0.39 is 0 Å². The van der Waals surface area contributed by atoms with Crippen LogP contribution in [0.3, 0.4) is 0 Å². The Balaban J connectivity index is 2.13. The lowest BCUT2D eigenvalue weighted by atomic mass is 9.79. The second-order valence-corrected chi connectivity index (χ2v) is 7.94. The molecule has 0 fully saturated rings. The van der Waals surface area contributed by atoms with Crippen molar-refractivity contribution in [3.8, 4) is 5.75 Å². The van der Waals surface area contributed by atoms with Crippen molar-refractivity contribution in [1.29, 1.82) is 0 Å². The van der Waals surface area contributed by atoms with Crippen molar-refractivity contribution in [2.24, 2.45) is 0 Å². The largest absolute Gasteiger partial charge is 0.487 e. The molecule has 0 aliphatic rings. The summed E-state index contributed by atoms with van der Waals surface area (Å²) in [5.74, 6) is 0.988. The maximum atomic E-state index is 6.22. The minimum atomic E-state index is 0.115. The van der Waals surface area contributed by atoms with Gasteiger partial charge in [0.1, 0.15) is 12.4 Å². The molecule has 2 aromatic carbocycles. The molecule has 0 heterocycles. The normalized spacial score (nSPS) is 11.5. The molecule has 0 aliphatic carbocycles. The number of benzene rings is 2. The maximum absolute atomic E-state index is 6.22. The lowest BCUT2D eigenvalue weighted by molar-refractivity contribution is 0.291. The Morgan fingerprint density at radius 2 is 1.67 bits per heavy atom. The summed E-state index contributed by atoms with van der Waals surface area (Å²) in [5.41, 5.74) is 2.60. The van der Waals surface area contributed by atoms with Gasteiger partial charge in [0.2, 0.25) is 0 Å². The molecule has 130 valence electrons. The monoisotopic (exact) mass is 388 g/mol. The summed E-state index contributed by atoms with van der Waals surface area (Å²) in [5, 5.41) is 0. The van der Waals surface area contributed by atoms with Gasteiger partial charge in [0.05, 0.1) is 4.47 Å². The van der Waals surface area contributed by atoms with Gasteiger partial charge in [0.15, 0.2) is 0 Å². The fraction of sp³-hybridized carbons (Fsp3) is 0.455. The van der Waals surface area contributed by atoms with E-state index in [1.165, 1.54) is 43.2 Å². The molecule has 0 saturated heterocycles. The number of para-hydroxylation sites is 1. The summed E-state index contributed by atoms with van der Waals surface area (Å²) in [7, 11) is 0. The zero-order valence-electron chi connectivity index (χ0n) is 15.1. The minimum absolute atomic E-state index is 0.115. The number of unbranched alkanes of at least 4 members (excludes halogenated alkanes) is 3. The molecule has 0 aromatic heterocycles. The first kappa shape index (κ1) is 19.1. The Labute approximate surface area is 155 Å². The zero-order chi connectivity index (χ0) is 17.4. The third-order valence-electron chi connectivity index (χ3n) is 4.58. The molecule has 0 N–H and O–H groups in total. The van der Waals surface area contributed by atoms with Gasteiger partial charge in [0, 0.05) is 5.56 Å². The molecule has 2 rings (SSSR count). The molecule has 24 heavy (non-hydrogen) atoms. The van der Waals surface area contributed by atoms with Crippen LogP contribution in [0, 0.1) is 0 Å². The van der Waals surface area contributed by atoms with E-state index in [-0.39, 0.29) is 5.41 Å². The lowest BCUT2D eigenvalue weighted by Crippen LogP contribution is -2.18. The van der Waals surface area contributed by atoms with Crippen LogP contribution in [-0.2, 0) is 12.0 Å². The maximum Gasteiger partial charge on any atom is 0.137 e. The molecule has 0 bridgehead atoms. The SMILES string of the molecule is CCCCCCC(C)(C)c1cccc(Br)c1OCc1ccccc1. The van der Waals surface area contributed by atoms with Crippen LogP contribution >= 0.6 is 15.9 Å². The first-order valence-electron chi connectivity index (χ1n) is 9.00. The highest BCUT2D eigenvalue weighted by atomic mass is 79.9. The van der Waals surface area contributed by atoms with Gasteiger partial charge in [-0.2, -0.15) is 0 Å². The highest BCUT2D eigenvalue weighted by Gasteiger charge is 2.25. The Morgan fingerprint density at radius 3 is 2.38 bits per heavy atom. The molecule has 0 saturated carbocycles. The van der Waals surface area contributed by atoms with Crippen LogP contribution in [0.25, 0.3) is 0 Å². The van der Waals surface area contributed by atoms with E-state index in [0.717, 1.165) is 10.2 Å². The predicted octanol–water partition coefficient (Wildman–Crippen LogP) is 7.28. The van der Waals surface area contributed by atoms with E-state index in [1.54, 1.807) is 0 Å². The quantitative estimate of drug-likeness (QED) is 0.410. The van der Waals surface area contributed by atoms with Crippen molar-refractivity contribution in [3.63, 3.8) is 0 Å². The van der Waals surface area contributed by atoms with Crippen LogP contribution in [-0.4, -0.2) is 0 Å². The van der Waals surface area contributed by atoms with Crippen LogP contribution in [0.5, 0.6) is 5.75 Å². The van der Waals surface area contributed by atoms with Gasteiger partial charge in [-0.3, -0.25) is 0 Å². The standard InChI is InChI=1S/C22H29BrO/c1-4-5-6-10-16-22(2,3)19-14-11-15-20(23)21(19)24-17-18-12-8-7-9-13-18/h7-9,11-15H,4-6,10,16-17H2,1-3H3. The molecular weight excluding hydrogens is 360 g/mol.